The number of thiophene rings is 1. The lowest BCUT2D eigenvalue weighted by molar-refractivity contribution is -0.136. The summed E-state index contributed by atoms with van der Waals surface area (Å²) in [5.74, 6) is 1.11. The summed E-state index contributed by atoms with van der Waals surface area (Å²) in [6.45, 7) is 2.35. The Hall–Kier alpha value is -3.32. The smallest absolute Gasteiger partial charge is 0.307 e. The highest BCUT2D eigenvalue weighted by atomic mass is 35.5. The summed E-state index contributed by atoms with van der Waals surface area (Å²) < 4.78 is 13.1. The van der Waals surface area contributed by atoms with Crippen LogP contribution in [0.25, 0.3) is 32.5 Å². The quantitative estimate of drug-likeness (QED) is 0.204. The van der Waals surface area contributed by atoms with Gasteiger partial charge in [0.15, 0.2) is 0 Å². The van der Waals surface area contributed by atoms with Crippen LogP contribution in [-0.4, -0.2) is 16.2 Å². The minimum Gasteiger partial charge on any atom is -0.489 e. The lowest BCUT2D eigenvalue weighted by Crippen LogP contribution is -2.00. The van der Waals surface area contributed by atoms with E-state index in [1.165, 1.54) is 0 Å². The van der Waals surface area contributed by atoms with E-state index in [1.54, 1.807) is 23.5 Å². The molecule has 6 rings (SSSR count). The van der Waals surface area contributed by atoms with Crippen molar-refractivity contribution in [3.63, 3.8) is 0 Å². The minimum atomic E-state index is -0.822. The number of fused-ring (bicyclic) bond motifs is 1. The van der Waals surface area contributed by atoms with Gasteiger partial charge in [-0.05, 0) is 83.1 Å². The van der Waals surface area contributed by atoms with Crippen molar-refractivity contribution in [2.75, 3.05) is 0 Å². The van der Waals surface area contributed by atoms with Gasteiger partial charge in [0.05, 0.1) is 22.0 Å². The van der Waals surface area contributed by atoms with Gasteiger partial charge < -0.3 is 14.4 Å². The van der Waals surface area contributed by atoms with E-state index >= 15 is 0 Å². The van der Waals surface area contributed by atoms with Crippen molar-refractivity contribution in [3.05, 3.63) is 92.5 Å². The summed E-state index contributed by atoms with van der Waals surface area (Å²) in [5.41, 5.74) is 6.27. The second-order valence-corrected chi connectivity index (χ2v) is 11.3. The molecule has 1 saturated carbocycles. The Morgan fingerprint density at radius 3 is 2.63 bits per heavy atom. The van der Waals surface area contributed by atoms with E-state index in [0.29, 0.717) is 33.8 Å². The van der Waals surface area contributed by atoms with E-state index in [0.717, 1.165) is 62.3 Å². The number of nitrogens with zero attached hydrogens (tertiary/aromatic N) is 1. The first-order valence-electron chi connectivity index (χ1n) is 12.3. The van der Waals surface area contributed by atoms with Gasteiger partial charge in [-0.15, -0.1) is 11.3 Å². The molecular weight excluding hydrogens is 541 g/mol. The number of aromatic nitrogens is 1. The molecule has 192 valence electrons. The highest BCUT2D eigenvalue weighted by Gasteiger charge is 2.33. The highest BCUT2D eigenvalue weighted by molar-refractivity contribution is 7.17. The molecule has 0 spiro atoms. The van der Waals surface area contributed by atoms with Crippen LogP contribution in [0, 0.1) is 6.92 Å². The Labute approximate surface area is 233 Å². The fourth-order valence-electron chi connectivity index (χ4n) is 4.80. The summed E-state index contributed by atoms with van der Waals surface area (Å²) in [7, 11) is 0. The first kappa shape index (κ1) is 25.0. The van der Waals surface area contributed by atoms with Crippen LogP contribution in [0.15, 0.2) is 64.5 Å². The molecule has 2 heterocycles. The maximum Gasteiger partial charge on any atom is 0.307 e. The molecule has 5 nitrogen and oxygen atoms in total. The molecule has 0 unspecified atom stereocenters. The Bertz CT molecular complexity index is 1670. The summed E-state index contributed by atoms with van der Waals surface area (Å²) >= 11 is 14.5. The Balaban J connectivity index is 1.26. The van der Waals surface area contributed by atoms with Gasteiger partial charge in [-0.1, -0.05) is 52.6 Å². The molecule has 5 aromatic rings. The van der Waals surface area contributed by atoms with Crippen molar-refractivity contribution < 1.29 is 19.2 Å². The number of rotatable bonds is 8. The largest absolute Gasteiger partial charge is 0.489 e. The normalized spacial score (nSPS) is 13.2. The lowest BCUT2D eigenvalue weighted by Gasteiger charge is -2.12. The maximum absolute atomic E-state index is 11.2. The van der Waals surface area contributed by atoms with E-state index in [4.69, 9.17) is 37.6 Å². The second kappa shape index (κ2) is 10.1. The average Bonchev–Trinajstić information content (AvgIpc) is 3.53. The molecule has 0 bridgehead atoms. The first-order chi connectivity index (χ1) is 18.4. The van der Waals surface area contributed by atoms with Crippen LogP contribution in [0.1, 0.15) is 41.2 Å². The fraction of sp³-hybridized carbons (Fsp3) is 0.200. The fourth-order valence-corrected chi connectivity index (χ4v) is 6.38. The molecule has 0 aliphatic heterocycles. The number of carbonyl (C=O) groups is 1. The number of benzene rings is 3. The van der Waals surface area contributed by atoms with Crippen molar-refractivity contribution in [1.82, 2.24) is 5.16 Å². The Kier molecular flexibility index (Phi) is 6.64. The molecule has 3 aromatic carbocycles. The Morgan fingerprint density at radius 2 is 1.92 bits per heavy atom. The van der Waals surface area contributed by atoms with Gasteiger partial charge in [-0.2, -0.15) is 0 Å². The lowest BCUT2D eigenvalue weighted by atomic mass is 9.99. The molecule has 2 aromatic heterocycles. The van der Waals surface area contributed by atoms with E-state index in [9.17, 15) is 4.79 Å². The van der Waals surface area contributed by atoms with Crippen molar-refractivity contribution in [2.45, 2.75) is 38.7 Å². The molecular formula is C30H23Cl2NO4S. The monoisotopic (exact) mass is 563 g/mol. The van der Waals surface area contributed by atoms with Crippen molar-refractivity contribution in [1.29, 1.82) is 0 Å². The average molecular weight is 564 g/mol. The number of hydrogen-bond acceptors (Lipinski definition) is 5. The van der Waals surface area contributed by atoms with Gasteiger partial charge in [-0.25, -0.2) is 0 Å². The number of aryl methyl sites for hydroxylation is 1. The van der Waals surface area contributed by atoms with Crippen molar-refractivity contribution in [2.24, 2.45) is 0 Å². The van der Waals surface area contributed by atoms with Gasteiger partial charge >= 0.3 is 5.97 Å². The van der Waals surface area contributed by atoms with Crippen molar-refractivity contribution in [3.8, 4) is 28.1 Å². The summed E-state index contributed by atoms with van der Waals surface area (Å²) in [4.78, 5) is 11.2. The predicted octanol–water partition coefficient (Wildman–Crippen LogP) is 8.92. The van der Waals surface area contributed by atoms with Crippen LogP contribution in [0.4, 0.5) is 0 Å². The summed E-state index contributed by atoms with van der Waals surface area (Å²) in [6, 6.07) is 17.6. The third-order valence-corrected chi connectivity index (χ3v) is 8.48. The molecule has 0 saturated heterocycles. The zero-order valence-corrected chi connectivity index (χ0v) is 22.8. The molecule has 1 N–H and O–H groups in total. The van der Waals surface area contributed by atoms with Crippen LogP contribution in [0.2, 0.25) is 10.0 Å². The molecule has 1 aliphatic carbocycles. The van der Waals surface area contributed by atoms with Crippen LogP contribution in [0.5, 0.6) is 5.75 Å². The summed E-state index contributed by atoms with van der Waals surface area (Å²) in [6.07, 6.45) is 2.17. The molecule has 0 amide bonds. The van der Waals surface area contributed by atoms with E-state index < -0.39 is 5.97 Å². The zero-order chi connectivity index (χ0) is 26.4. The van der Waals surface area contributed by atoms with Gasteiger partial charge in [0.1, 0.15) is 23.8 Å². The van der Waals surface area contributed by atoms with Crippen molar-refractivity contribution >= 4 is 50.6 Å². The third kappa shape index (κ3) is 4.80. The number of carboxylic acid groups (broad SMARTS) is 1. The van der Waals surface area contributed by atoms with Gasteiger partial charge in [0.25, 0.3) is 0 Å². The third-order valence-electron chi connectivity index (χ3n) is 6.86. The van der Waals surface area contributed by atoms with Gasteiger partial charge in [-0.3, -0.25) is 4.79 Å². The molecule has 1 aliphatic rings. The SMILES string of the molecule is Cc1cc(OCc2c(-c3c(Cl)cccc3Cl)noc2C2CC2)ccc1-c1ccc2c(CC(=O)O)csc2c1. The minimum absolute atomic E-state index is 0.0312. The Morgan fingerprint density at radius 1 is 1.13 bits per heavy atom. The number of halogens is 2. The number of aliphatic carboxylic acids is 1. The van der Waals surface area contributed by atoms with Crippen LogP contribution in [-0.2, 0) is 17.8 Å². The zero-order valence-electron chi connectivity index (χ0n) is 20.5. The molecule has 1 fully saturated rings. The number of hydrogen-bond donors (Lipinski definition) is 1. The molecule has 38 heavy (non-hydrogen) atoms. The topological polar surface area (TPSA) is 72.6 Å². The predicted molar refractivity (Wildman–Crippen MR) is 152 cm³/mol. The molecule has 8 heteroatoms. The molecule has 0 radical (unpaired) electrons. The number of ether oxygens (including phenoxy) is 1. The van der Waals surface area contributed by atoms with Crippen LogP contribution in [0.3, 0.4) is 0 Å². The summed E-state index contributed by atoms with van der Waals surface area (Å²) in [5, 5.41) is 17.5. The van der Waals surface area contributed by atoms with Gasteiger partial charge in [0, 0.05) is 16.2 Å². The second-order valence-electron chi connectivity index (χ2n) is 9.55. The van der Waals surface area contributed by atoms with E-state index in [1.807, 2.05) is 35.7 Å². The number of carboxylic acids is 1. The van der Waals surface area contributed by atoms with Crippen LogP contribution >= 0.6 is 34.5 Å². The first-order valence-corrected chi connectivity index (χ1v) is 13.9. The van der Waals surface area contributed by atoms with Crippen LogP contribution < -0.4 is 4.74 Å². The standard InChI is InChI=1S/C30H23Cl2NO4S/c1-16-11-20(8-10-21(16)18-7-9-22-19(13-27(34)35)15-38-26(22)12-18)36-14-23-29(33-37-30(23)17-5-6-17)28-24(31)3-2-4-25(28)32/h2-4,7-12,15,17H,5-6,13-14H2,1H3,(H,34,35). The maximum atomic E-state index is 11.2. The van der Waals surface area contributed by atoms with E-state index in [2.05, 4.69) is 24.2 Å². The highest BCUT2D eigenvalue weighted by Crippen LogP contribution is 2.46. The van der Waals surface area contributed by atoms with E-state index in [-0.39, 0.29) is 6.42 Å². The van der Waals surface area contributed by atoms with Gasteiger partial charge in [0.2, 0.25) is 0 Å². The molecule has 0 atom stereocenters.